The summed E-state index contributed by atoms with van der Waals surface area (Å²) in [6, 6.07) is 5.65. The number of H-pyrrole nitrogens is 1. The quantitative estimate of drug-likeness (QED) is 0.820. The maximum absolute atomic E-state index is 11.6. The van der Waals surface area contributed by atoms with Gasteiger partial charge in [-0.15, -0.1) is 0 Å². The summed E-state index contributed by atoms with van der Waals surface area (Å²) in [6.07, 6.45) is 0. The SMILES string of the molecule is COc1cccc2c(C(C)(C)C)[nH]c(=O)nc12. The van der Waals surface area contributed by atoms with Crippen molar-refractivity contribution in [3.05, 3.63) is 34.4 Å². The lowest BCUT2D eigenvalue weighted by molar-refractivity contribution is 0.418. The van der Waals surface area contributed by atoms with E-state index in [-0.39, 0.29) is 11.1 Å². The summed E-state index contributed by atoms with van der Waals surface area (Å²) in [6.45, 7) is 6.16. The number of ether oxygens (including phenoxy) is 1. The number of hydrogen-bond acceptors (Lipinski definition) is 3. The second kappa shape index (κ2) is 3.87. The van der Waals surface area contributed by atoms with E-state index in [4.69, 9.17) is 4.74 Å². The van der Waals surface area contributed by atoms with Crippen molar-refractivity contribution in [2.45, 2.75) is 26.2 Å². The number of benzene rings is 1. The van der Waals surface area contributed by atoms with Crippen LogP contribution < -0.4 is 10.4 Å². The molecule has 0 aliphatic carbocycles. The van der Waals surface area contributed by atoms with Crippen molar-refractivity contribution in [3.8, 4) is 5.75 Å². The van der Waals surface area contributed by atoms with Crippen molar-refractivity contribution in [2.24, 2.45) is 0 Å². The third-order valence-electron chi connectivity index (χ3n) is 2.68. The van der Waals surface area contributed by atoms with E-state index >= 15 is 0 Å². The van der Waals surface area contributed by atoms with Crippen LogP contribution in [0.2, 0.25) is 0 Å². The standard InChI is InChI=1S/C13H16N2O2/c1-13(2,3)11-8-6-5-7-9(17-4)10(8)14-12(16)15-11/h5-7H,1-4H3,(H,14,15,16). The molecule has 1 heterocycles. The second-order valence-electron chi connectivity index (χ2n) is 5.02. The van der Waals surface area contributed by atoms with Gasteiger partial charge in [-0.3, -0.25) is 0 Å². The fourth-order valence-corrected chi connectivity index (χ4v) is 1.90. The van der Waals surface area contributed by atoms with Crippen molar-refractivity contribution in [3.63, 3.8) is 0 Å². The minimum atomic E-state index is -0.341. The molecule has 0 saturated carbocycles. The molecule has 2 rings (SSSR count). The van der Waals surface area contributed by atoms with Gasteiger partial charge in [-0.05, 0) is 6.07 Å². The first-order valence-electron chi connectivity index (χ1n) is 5.51. The first-order valence-corrected chi connectivity index (χ1v) is 5.51. The molecule has 0 bridgehead atoms. The molecule has 0 unspecified atom stereocenters. The van der Waals surface area contributed by atoms with Crippen LogP contribution in [0, 0.1) is 0 Å². The van der Waals surface area contributed by atoms with Crippen LogP contribution in [0.4, 0.5) is 0 Å². The molecular weight excluding hydrogens is 216 g/mol. The average molecular weight is 232 g/mol. The third-order valence-corrected chi connectivity index (χ3v) is 2.68. The van der Waals surface area contributed by atoms with Gasteiger partial charge in [-0.2, -0.15) is 4.98 Å². The van der Waals surface area contributed by atoms with Gasteiger partial charge in [0.2, 0.25) is 0 Å². The normalized spacial score (nSPS) is 11.8. The number of methoxy groups -OCH3 is 1. The molecule has 0 radical (unpaired) electrons. The predicted molar refractivity (Wildman–Crippen MR) is 67.6 cm³/mol. The molecular formula is C13H16N2O2. The summed E-state index contributed by atoms with van der Waals surface area (Å²) in [7, 11) is 1.58. The fraction of sp³-hybridized carbons (Fsp3) is 0.385. The zero-order chi connectivity index (χ0) is 12.6. The van der Waals surface area contributed by atoms with E-state index in [2.05, 4.69) is 30.7 Å². The summed E-state index contributed by atoms with van der Waals surface area (Å²) in [4.78, 5) is 18.4. The Kier molecular flexibility index (Phi) is 2.65. The third kappa shape index (κ3) is 2.02. The number of aromatic nitrogens is 2. The average Bonchev–Trinajstić information content (AvgIpc) is 2.26. The first kappa shape index (κ1) is 11.6. The van der Waals surface area contributed by atoms with Crippen LogP contribution in [0.25, 0.3) is 10.9 Å². The van der Waals surface area contributed by atoms with E-state index in [0.717, 1.165) is 11.1 Å². The van der Waals surface area contributed by atoms with Gasteiger partial charge in [0.05, 0.1) is 7.11 Å². The van der Waals surface area contributed by atoms with Crippen LogP contribution in [0.15, 0.2) is 23.0 Å². The summed E-state index contributed by atoms with van der Waals surface area (Å²) in [5.74, 6) is 0.624. The summed E-state index contributed by atoms with van der Waals surface area (Å²) in [5.41, 5.74) is 1.01. The molecule has 0 atom stereocenters. The maximum Gasteiger partial charge on any atom is 0.345 e. The van der Waals surface area contributed by atoms with E-state index in [9.17, 15) is 4.79 Å². The highest BCUT2D eigenvalue weighted by atomic mass is 16.5. The first-order chi connectivity index (χ1) is 7.93. The van der Waals surface area contributed by atoms with E-state index in [0.29, 0.717) is 11.3 Å². The number of aromatic amines is 1. The molecule has 1 aromatic heterocycles. The Labute approximate surface area is 99.7 Å². The molecule has 4 nitrogen and oxygen atoms in total. The monoisotopic (exact) mass is 232 g/mol. The number of para-hydroxylation sites is 1. The molecule has 1 N–H and O–H groups in total. The van der Waals surface area contributed by atoms with Gasteiger partial charge in [0.15, 0.2) is 0 Å². The predicted octanol–water partition coefficient (Wildman–Crippen LogP) is 2.23. The molecule has 0 amide bonds. The highest BCUT2D eigenvalue weighted by molar-refractivity contribution is 5.86. The lowest BCUT2D eigenvalue weighted by Crippen LogP contribution is -2.22. The molecule has 0 spiro atoms. The topological polar surface area (TPSA) is 55.0 Å². The second-order valence-corrected chi connectivity index (χ2v) is 5.02. The van der Waals surface area contributed by atoms with E-state index in [1.807, 2.05) is 12.1 Å². The smallest absolute Gasteiger partial charge is 0.345 e. The molecule has 1 aromatic carbocycles. The Balaban J connectivity index is 2.91. The Bertz CT molecular complexity index is 609. The van der Waals surface area contributed by atoms with Crippen LogP contribution in [-0.2, 0) is 5.41 Å². The molecule has 0 fully saturated rings. The number of nitrogens with one attached hydrogen (secondary N) is 1. The van der Waals surface area contributed by atoms with Crippen molar-refractivity contribution >= 4 is 10.9 Å². The van der Waals surface area contributed by atoms with Crippen LogP contribution in [-0.4, -0.2) is 17.1 Å². The van der Waals surface area contributed by atoms with Crippen LogP contribution in [0.1, 0.15) is 26.5 Å². The van der Waals surface area contributed by atoms with Gasteiger partial charge in [0.1, 0.15) is 11.3 Å². The molecule has 90 valence electrons. The minimum absolute atomic E-state index is 0.146. The van der Waals surface area contributed by atoms with Gasteiger partial charge in [-0.1, -0.05) is 32.9 Å². The Morgan fingerprint density at radius 2 is 2.00 bits per heavy atom. The number of nitrogens with zero attached hydrogens (tertiary/aromatic N) is 1. The molecule has 17 heavy (non-hydrogen) atoms. The Morgan fingerprint density at radius 3 is 2.59 bits per heavy atom. The molecule has 0 aliphatic rings. The van der Waals surface area contributed by atoms with Crippen LogP contribution in [0.5, 0.6) is 5.75 Å². The number of rotatable bonds is 1. The fourth-order valence-electron chi connectivity index (χ4n) is 1.90. The number of hydrogen-bond donors (Lipinski definition) is 1. The molecule has 4 heteroatoms. The van der Waals surface area contributed by atoms with Gasteiger partial charge < -0.3 is 9.72 Å². The minimum Gasteiger partial charge on any atom is -0.494 e. The van der Waals surface area contributed by atoms with Gasteiger partial charge in [0, 0.05) is 16.5 Å². The highest BCUT2D eigenvalue weighted by Crippen LogP contribution is 2.30. The molecule has 0 saturated heterocycles. The Morgan fingerprint density at radius 1 is 1.29 bits per heavy atom. The zero-order valence-electron chi connectivity index (χ0n) is 10.5. The van der Waals surface area contributed by atoms with Crippen molar-refractivity contribution < 1.29 is 4.74 Å². The number of fused-ring (bicyclic) bond motifs is 1. The van der Waals surface area contributed by atoms with Gasteiger partial charge >= 0.3 is 5.69 Å². The van der Waals surface area contributed by atoms with Gasteiger partial charge in [-0.25, -0.2) is 4.79 Å². The lowest BCUT2D eigenvalue weighted by atomic mass is 9.89. The van der Waals surface area contributed by atoms with Crippen molar-refractivity contribution in [1.29, 1.82) is 0 Å². The molecule has 0 aliphatic heterocycles. The molecule has 2 aromatic rings. The maximum atomic E-state index is 11.6. The summed E-state index contributed by atoms with van der Waals surface area (Å²) < 4.78 is 5.23. The van der Waals surface area contributed by atoms with E-state index in [1.54, 1.807) is 13.2 Å². The Hall–Kier alpha value is -1.84. The van der Waals surface area contributed by atoms with Crippen molar-refractivity contribution in [2.75, 3.05) is 7.11 Å². The van der Waals surface area contributed by atoms with Crippen molar-refractivity contribution in [1.82, 2.24) is 9.97 Å². The highest BCUT2D eigenvalue weighted by Gasteiger charge is 2.20. The summed E-state index contributed by atoms with van der Waals surface area (Å²) >= 11 is 0. The largest absolute Gasteiger partial charge is 0.494 e. The summed E-state index contributed by atoms with van der Waals surface area (Å²) in [5, 5.41) is 0.927. The lowest BCUT2D eigenvalue weighted by Gasteiger charge is -2.20. The zero-order valence-corrected chi connectivity index (χ0v) is 10.5. The van der Waals surface area contributed by atoms with Crippen LogP contribution in [0.3, 0.4) is 0 Å². The van der Waals surface area contributed by atoms with E-state index in [1.165, 1.54) is 0 Å². The van der Waals surface area contributed by atoms with Gasteiger partial charge in [0.25, 0.3) is 0 Å². The van der Waals surface area contributed by atoms with Crippen LogP contribution >= 0.6 is 0 Å². The van der Waals surface area contributed by atoms with E-state index < -0.39 is 0 Å².